The molecular weight excluding hydrogens is 297 g/mol. The Morgan fingerprint density at radius 3 is 2.38 bits per heavy atom. The summed E-state index contributed by atoms with van der Waals surface area (Å²) in [5, 5.41) is 3.14. The van der Waals surface area contributed by atoms with E-state index in [1.807, 2.05) is 30.3 Å². The van der Waals surface area contributed by atoms with Crippen molar-refractivity contribution in [3.8, 4) is 0 Å². The molecule has 1 unspecified atom stereocenters. The smallest absolute Gasteiger partial charge is 0.161 e. The van der Waals surface area contributed by atoms with E-state index in [0.717, 1.165) is 5.56 Å². The van der Waals surface area contributed by atoms with Gasteiger partial charge >= 0.3 is 0 Å². The van der Waals surface area contributed by atoms with Gasteiger partial charge in [-0.2, -0.15) is 0 Å². The van der Waals surface area contributed by atoms with Crippen molar-refractivity contribution in [2.24, 2.45) is 4.99 Å². The van der Waals surface area contributed by atoms with Crippen molar-refractivity contribution in [3.05, 3.63) is 65.5 Å². The van der Waals surface area contributed by atoms with Gasteiger partial charge in [0.25, 0.3) is 0 Å². The zero-order valence-electron chi connectivity index (χ0n) is 10.8. The lowest BCUT2D eigenvalue weighted by Crippen LogP contribution is -2.09. The average molecular weight is 308 g/mol. The van der Waals surface area contributed by atoms with Crippen molar-refractivity contribution in [2.75, 3.05) is 11.9 Å². The second-order valence-corrected chi connectivity index (χ2v) is 5.72. The molecule has 2 nitrogen and oxygen atoms in total. The third-order valence-electron chi connectivity index (χ3n) is 3.06. The Morgan fingerprint density at radius 2 is 1.71 bits per heavy atom. The van der Waals surface area contributed by atoms with Crippen LogP contribution in [0.2, 0.25) is 0 Å². The maximum Gasteiger partial charge on any atom is 0.161 e. The topological polar surface area (TPSA) is 24.4 Å². The third-order valence-corrected chi connectivity index (χ3v) is 4.22. The lowest BCUT2D eigenvalue weighted by Gasteiger charge is -2.10. The van der Waals surface area contributed by atoms with Gasteiger partial charge in [0.1, 0.15) is 11.5 Å². The van der Waals surface area contributed by atoms with Gasteiger partial charge in [0.05, 0.1) is 11.8 Å². The molecule has 108 valence electrons. The highest BCUT2D eigenvalue weighted by molar-refractivity contribution is 8.14. The summed E-state index contributed by atoms with van der Waals surface area (Å²) in [6.07, 6.45) is 0. The highest BCUT2D eigenvalue weighted by atomic mass is 32.2. The molecule has 0 radical (unpaired) electrons. The fraction of sp³-hybridized carbons (Fsp3) is 0.133. The van der Waals surface area contributed by atoms with Crippen LogP contribution in [0.3, 0.4) is 0 Å². The van der Waals surface area contributed by atoms with Crippen molar-refractivity contribution < 1.29 is 13.2 Å². The largest absolute Gasteiger partial charge is 0.330 e. The summed E-state index contributed by atoms with van der Waals surface area (Å²) in [5.41, 5.74) is 0.722. The van der Waals surface area contributed by atoms with Gasteiger partial charge < -0.3 is 5.32 Å². The molecule has 1 aliphatic rings. The van der Waals surface area contributed by atoms with Crippen LogP contribution in [-0.2, 0) is 0 Å². The molecule has 1 aliphatic heterocycles. The summed E-state index contributed by atoms with van der Waals surface area (Å²) in [6, 6.07) is 11.0. The van der Waals surface area contributed by atoms with Crippen molar-refractivity contribution >= 4 is 22.6 Å². The Labute approximate surface area is 124 Å². The van der Waals surface area contributed by atoms with Crippen molar-refractivity contribution in [1.82, 2.24) is 0 Å². The summed E-state index contributed by atoms with van der Waals surface area (Å²) >= 11 is 1.39. The van der Waals surface area contributed by atoms with Crippen LogP contribution in [0, 0.1) is 17.5 Å². The van der Waals surface area contributed by atoms with E-state index in [0.29, 0.717) is 23.8 Å². The standard InChI is InChI=1S/C15H11F3N2S/c16-10-6-11(17)14(12(18)7-10)20-15-19-8-13(21-15)9-4-2-1-3-5-9/h1-7,13H,8H2,(H,19,20). The van der Waals surface area contributed by atoms with Gasteiger partial charge in [-0.1, -0.05) is 42.1 Å². The minimum absolute atomic E-state index is 0.111. The van der Waals surface area contributed by atoms with Gasteiger partial charge in [-0.15, -0.1) is 0 Å². The molecule has 0 saturated heterocycles. The van der Waals surface area contributed by atoms with E-state index in [-0.39, 0.29) is 10.9 Å². The van der Waals surface area contributed by atoms with Crippen LogP contribution in [-0.4, -0.2) is 11.7 Å². The SMILES string of the molecule is Fc1cc(F)c(NC2=NCC(c3ccccc3)S2)c(F)c1. The zero-order valence-corrected chi connectivity index (χ0v) is 11.6. The second-order valence-electron chi connectivity index (χ2n) is 4.53. The van der Waals surface area contributed by atoms with Crippen LogP contribution >= 0.6 is 11.8 Å². The Morgan fingerprint density at radius 1 is 1.05 bits per heavy atom. The summed E-state index contributed by atoms with van der Waals surface area (Å²) in [6.45, 7) is 0.529. The Hall–Kier alpha value is -1.95. The number of halogens is 3. The number of hydrogen-bond donors (Lipinski definition) is 1. The van der Waals surface area contributed by atoms with Crippen molar-refractivity contribution in [1.29, 1.82) is 0 Å². The minimum atomic E-state index is -0.973. The number of amidine groups is 1. The maximum absolute atomic E-state index is 13.6. The summed E-state index contributed by atoms with van der Waals surface area (Å²) in [4.78, 5) is 4.23. The van der Waals surface area contributed by atoms with Crippen LogP contribution < -0.4 is 5.32 Å². The molecular formula is C15H11F3N2S. The highest BCUT2D eigenvalue weighted by Gasteiger charge is 2.23. The summed E-state index contributed by atoms with van der Waals surface area (Å²) in [7, 11) is 0. The number of rotatable bonds is 2. The predicted octanol–water partition coefficient (Wildman–Crippen LogP) is 4.36. The van der Waals surface area contributed by atoms with E-state index in [1.165, 1.54) is 11.8 Å². The fourth-order valence-electron chi connectivity index (χ4n) is 2.05. The Bertz CT molecular complexity index is 666. The molecule has 0 aromatic heterocycles. The fourth-order valence-corrected chi connectivity index (χ4v) is 3.08. The molecule has 0 aliphatic carbocycles. The normalized spacial score (nSPS) is 17.7. The van der Waals surface area contributed by atoms with Crippen molar-refractivity contribution in [2.45, 2.75) is 5.25 Å². The molecule has 1 atom stereocenters. The van der Waals surface area contributed by atoms with Gasteiger partial charge in [-0.3, -0.25) is 4.99 Å². The number of benzene rings is 2. The maximum atomic E-state index is 13.6. The number of nitrogens with zero attached hydrogens (tertiary/aromatic N) is 1. The van der Waals surface area contributed by atoms with Gasteiger partial charge in [0.2, 0.25) is 0 Å². The summed E-state index contributed by atoms with van der Waals surface area (Å²) in [5.74, 6) is -2.89. The molecule has 0 spiro atoms. The van der Waals surface area contributed by atoms with E-state index in [2.05, 4.69) is 10.3 Å². The molecule has 1 N–H and O–H groups in total. The van der Waals surface area contributed by atoms with E-state index < -0.39 is 17.5 Å². The monoisotopic (exact) mass is 308 g/mol. The molecule has 0 saturated carbocycles. The number of nitrogens with one attached hydrogen (secondary N) is 1. The molecule has 2 aromatic rings. The van der Waals surface area contributed by atoms with E-state index >= 15 is 0 Å². The first-order valence-electron chi connectivity index (χ1n) is 6.31. The Balaban J connectivity index is 1.73. The van der Waals surface area contributed by atoms with E-state index in [4.69, 9.17) is 0 Å². The molecule has 0 bridgehead atoms. The number of aliphatic imine (C=N–C) groups is 1. The summed E-state index contributed by atoms with van der Waals surface area (Å²) < 4.78 is 40.0. The van der Waals surface area contributed by atoms with Crippen LogP contribution in [0.1, 0.15) is 10.8 Å². The van der Waals surface area contributed by atoms with E-state index in [1.54, 1.807) is 0 Å². The third kappa shape index (κ3) is 3.05. The number of thioether (sulfide) groups is 1. The first-order valence-corrected chi connectivity index (χ1v) is 7.19. The van der Waals surface area contributed by atoms with Gasteiger partial charge in [0, 0.05) is 12.1 Å². The van der Waals surface area contributed by atoms with E-state index in [9.17, 15) is 13.2 Å². The average Bonchev–Trinajstić information content (AvgIpc) is 2.92. The number of hydrogen-bond acceptors (Lipinski definition) is 3. The second kappa shape index (κ2) is 5.81. The highest BCUT2D eigenvalue weighted by Crippen LogP contribution is 2.36. The molecule has 6 heteroatoms. The van der Waals surface area contributed by atoms with Crippen LogP contribution in [0.25, 0.3) is 0 Å². The van der Waals surface area contributed by atoms with Crippen LogP contribution in [0.5, 0.6) is 0 Å². The quantitative estimate of drug-likeness (QED) is 0.891. The Kier molecular flexibility index (Phi) is 3.88. The molecule has 1 heterocycles. The number of anilines is 1. The first kappa shape index (κ1) is 14.0. The first-order chi connectivity index (χ1) is 10.1. The van der Waals surface area contributed by atoms with Gasteiger partial charge in [-0.25, -0.2) is 13.2 Å². The van der Waals surface area contributed by atoms with Crippen LogP contribution in [0.15, 0.2) is 47.5 Å². The minimum Gasteiger partial charge on any atom is -0.330 e. The molecule has 3 rings (SSSR count). The lowest BCUT2D eigenvalue weighted by atomic mass is 10.1. The molecule has 2 aromatic carbocycles. The predicted molar refractivity (Wildman–Crippen MR) is 79.0 cm³/mol. The molecule has 0 fully saturated rings. The van der Waals surface area contributed by atoms with Gasteiger partial charge in [0.15, 0.2) is 16.8 Å². The zero-order chi connectivity index (χ0) is 14.8. The lowest BCUT2D eigenvalue weighted by molar-refractivity contribution is 0.549. The molecule has 21 heavy (non-hydrogen) atoms. The molecule has 0 amide bonds. The van der Waals surface area contributed by atoms with Crippen molar-refractivity contribution in [3.63, 3.8) is 0 Å². The van der Waals surface area contributed by atoms with Gasteiger partial charge in [-0.05, 0) is 5.56 Å². The van der Waals surface area contributed by atoms with Crippen LogP contribution in [0.4, 0.5) is 18.9 Å².